The first-order valence-electron chi connectivity index (χ1n) is 6.44. The molecule has 1 aromatic carbocycles. The van der Waals surface area contributed by atoms with Crippen LogP contribution in [0.4, 0.5) is 0 Å². The minimum absolute atomic E-state index is 0.157. The molecule has 0 aliphatic heterocycles. The summed E-state index contributed by atoms with van der Waals surface area (Å²) in [7, 11) is 0. The van der Waals surface area contributed by atoms with Crippen LogP contribution in [0.2, 0.25) is 0 Å². The lowest BCUT2D eigenvalue weighted by Crippen LogP contribution is -2.22. The van der Waals surface area contributed by atoms with Crippen molar-refractivity contribution >= 4 is 5.97 Å². The van der Waals surface area contributed by atoms with Gasteiger partial charge in [-0.25, -0.2) is 4.79 Å². The van der Waals surface area contributed by atoms with E-state index in [0.29, 0.717) is 0 Å². The molecule has 0 saturated carbocycles. The molecule has 104 valence electrons. The van der Waals surface area contributed by atoms with E-state index in [-0.39, 0.29) is 11.9 Å². The molecule has 1 rings (SSSR count). The molecule has 0 saturated heterocycles. The SMILES string of the molecule is C[C@H](/C=C/C(=O)OC(C)(C)C)[C@@H](O)c1ccccc1. The zero-order valence-corrected chi connectivity index (χ0v) is 12.0. The highest BCUT2D eigenvalue weighted by atomic mass is 16.6. The summed E-state index contributed by atoms with van der Waals surface area (Å²) in [6.07, 6.45) is 2.42. The zero-order valence-electron chi connectivity index (χ0n) is 12.0. The number of esters is 1. The fraction of sp³-hybridized carbons (Fsp3) is 0.438. The smallest absolute Gasteiger partial charge is 0.330 e. The van der Waals surface area contributed by atoms with Gasteiger partial charge in [0.2, 0.25) is 0 Å². The molecule has 0 aliphatic carbocycles. The predicted octanol–water partition coefficient (Wildman–Crippen LogP) is 3.25. The van der Waals surface area contributed by atoms with Gasteiger partial charge in [0, 0.05) is 12.0 Å². The van der Waals surface area contributed by atoms with E-state index in [2.05, 4.69) is 0 Å². The van der Waals surface area contributed by atoms with Crippen LogP contribution in [0.3, 0.4) is 0 Å². The van der Waals surface area contributed by atoms with Crippen LogP contribution in [0.15, 0.2) is 42.5 Å². The largest absolute Gasteiger partial charge is 0.457 e. The molecule has 1 aromatic rings. The van der Waals surface area contributed by atoms with E-state index in [1.165, 1.54) is 6.08 Å². The Morgan fingerprint density at radius 3 is 2.37 bits per heavy atom. The third-order valence-electron chi connectivity index (χ3n) is 2.58. The first kappa shape index (κ1) is 15.4. The van der Waals surface area contributed by atoms with Gasteiger partial charge in [0.1, 0.15) is 5.60 Å². The standard InChI is InChI=1S/C16H22O3/c1-12(10-11-14(17)19-16(2,3)4)15(18)13-8-6-5-7-9-13/h5-12,15,18H,1-4H3/b11-10+/t12-,15-/m1/s1. The maximum absolute atomic E-state index is 11.5. The summed E-state index contributed by atoms with van der Waals surface area (Å²) in [5.74, 6) is -0.547. The van der Waals surface area contributed by atoms with Crippen molar-refractivity contribution in [1.29, 1.82) is 0 Å². The van der Waals surface area contributed by atoms with Gasteiger partial charge in [0.15, 0.2) is 0 Å². The van der Waals surface area contributed by atoms with Crippen molar-refractivity contribution in [2.24, 2.45) is 5.92 Å². The van der Waals surface area contributed by atoms with Crippen LogP contribution < -0.4 is 0 Å². The van der Waals surface area contributed by atoms with Crippen molar-refractivity contribution in [3.63, 3.8) is 0 Å². The molecule has 0 fully saturated rings. The normalized spacial score (nSPS) is 15.2. The number of benzene rings is 1. The van der Waals surface area contributed by atoms with Crippen molar-refractivity contribution in [3.05, 3.63) is 48.0 Å². The molecule has 0 aliphatic rings. The van der Waals surface area contributed by atoms with Gasteiger partial charge in [-0.2, -0.15) is 0 Å². The van der Waals surface area contributed by atoms with Crippen molar-refractivity contribution in [2.45, 2.75) is 39.4 Å². The van der Waals surface area contributed by atoms with Gasteiger partial charge in [-0.15, -0.1) is 0 Å². The molecule has 3 heteroatoms. The Kier molecular flexibility index (Phi) is 5.31. The highest BCUT2D eigenvalue weighted by Gasteiger charge is 2.16. The van der Waals surface area contributed by atoms with Crippen LogP contribution in [0, 0.1) is 5.92 Å². The van der Waals surface area contributed by atoms with Crippen LogP contribution in [0.25, 0.3) is 0 Å². The van der Waals surface area contributed by atoms with E-state index in [0.717, 1.165) is 5.56 Å². The number of carbonyl (C=O) groups is 1. The Bertz CT molecular complexity index is 429. The lowest BCUT2D eigenvalue weighted by Gasteiger charge is -2.19. The average molecular weight is 262 g/mol. The fourth-order valence-corrected chi connectivity index (χ4v) is 1.63. The van der Waals surface area contributed by atoms with Crippen LogP contribution in [-0.4, -0.2) is 16.7 Å². The van der Waals surface area contributed by atoms with Gasteiger partial charge in [-0.3, -0.25) is 0 Å². The Morgan fingerprint density at radius 1 is 1.26 bits per heavy atom. The van der Waals surface area contributed by atoms with E-state index in [9.17, 15) is 9.90 Å². The van der Waals surface area contributed by atoms with Crippen molar-refractivity contribution in [3.8, 4) is 0 Å². The summed E-state index contributed by atoms with van der Waals surface area (Å²) in [5.41, 5.74) is 0.340. The molecule has 0 heterocycles. The summed E-state index contributed by atoms with van der Waals surface area (Å²) in [6, 6.07) is 9.38. The third kappa shape index (κ3) is 5.71. The topological polar surface area (TPSA) is 46.5 Å². The van der Waals surface area contributed by atoms with Gasteiger partial charge in [-0.05, 0) is 26.3 Å². The predicted molar refractivity (Wildman–Crippen MR) is 75.6 cm³/mol. The average Bonchev–Trinajstić information content (AvgIpc) is 2.34. The van der Waals surface area contributed by atoms with Crippen LogP contribution in [0.5, 0.6) is 0 Å². The Labute approximate surface area is 114 Å². The van der Waals surface area contributed by atoms with Crippen LogP contribution in [0.1, 0.15) is 39.4 Å². The number of hydrogen-bond acceptors (Lipinski definition) is 3. The Hall–Kier alpha value is -1.61. The van der Waals surface area contributed by atoms with Gasteiger partial charge in [0.25, 0.3) is 0 Å². The molecule has 0 radical (unpaired) electrons. The van der Waals surface area contributed by atoms with E-state index in [4.69, 9.17) is 4.74 Å². The van der Waals surface area contributed by atoms with Gasteiger partial charge >= 0.3 is 5.97 Å². The zero-order chi connectivity index (χ0) is 14.5. The second kappa shape index (κ2) is 6.53. The van der Waals surface area contributed by atoms with E-state index < -0.39 is 11.7 Å². The third-order valence-corrected chi connectivity index (χ3v) is 2.58. The second-order valence-electron chi connectivity index (χ2n) is 5.61. The summed E-state index contributed by atoms with van der Waals surface area (Å²) < 4.78 is 5.17. The minimum atomic E-state index is -0.625. The van der Waals surface area contributed by atoms with Crippen molar-refractivity contribution in [2.75, 3.05) is 0 Å². The van der Waals surface area contributed by atoms with Crippen molar-refractivity contribution < 1.29 is 14.6 Å². The number of aliphatic hydroxyl groups excluding tert-OH is 1. The fourth-order valence-electron chi connectivity index (χ4n) is 1.63. The minimum Gasteiger partial charge on any atom is -0.457 e. The molecular formula is C16H22O3. The molecule has 0 unspecified atom stereocenters. The highest BCUT2D eigenvalue weighted by molar-refractivity contribution is 5.82. The molecule has 0 aromatic heterocycles. The van der Waals surface area contributed by atoms with Crippen LogP contribution >= 0.6 is 0 Å². The van der Waals surface area contributed by atoms with Gasteiger partial charge < -0.3 is 9.84 Å². The van der Waals surface area contributed by atoms with Crippen LogP contribution in [-0.2, 0) is 9.53 Å². The lowest BCUT2D eigenvalue weighted by atomic mass is 9.97. The number of aliphatic hydroxyl groups is 1. The molecule has 1 N–H and O–H groups in total. The summed E-state index contributed by atoms with van der Waals surface area (Å²) in [5, 5.41) is 10.1. The maximum atomic E-state index is 11.5. The van der Waals surface area contributed by atoms with E-state index in [1.54, 1.807) is 6.08 Å². The number of ether oxygens (including phenoxy) is 1. The van der Waals surface area contributed by atoms with E-state index >= 15 is 0 Å². The number of carbonyl (C=O) groups excluding carboxylic acids is 1. The molecule has 19 heavy (non-hydrogen) atoms. The molecule has 0 amide bonds. The Balaban J connectivity index is 2.60. The number of hydrogen-bond donors (Lipinski definition) is 1. The summed E-state index contributed by atoms with van der Waals surface area (Å²) >= 11 is 0. The van der Waals surface area contributed by atoms with E-state index in [1.807, 2.05) is 58.0 Å². The molecule has 0 spiro atoms. The summed E-state index contributed by atoms with van der Waals surface area (Å²) in [6.45, 7) is 7.32. The first-order chi connectivity index (χ1) is 8.79. The molecule has 3 nitrogen and oxygen atoms in total. The second-order valence-corrected chi connectivity index (χ2v) is 5.61. The number of rotatable bonds is 4. The lowest BCUT2D eigenvalue weighted by molar-refractivity contribution is -0.148. The molecule has 2 atom stereocenters. The highest BCUT2D eigenvalue weighted by Crippen LogP contribution is 2.22. The van der Waals surface area contributed by atoms with Gasteiger partial charge in [-0.1, -0.05) is 43.3 Å². The summed E-state index contributed by atoms with van der Waals surface area (Å²) in [4.78, 5) is 11.5. The van der Waals surface area contributed by atoms with Crippen molar-refractivity contribution in [1.82, 2.24) is 0 Å². The maximum Gasteiger partial charge on any atom is 0.330 e. The first-order valence-corrected chi connectivity index (χ1v) is 6.44. The molecular weight excluding hydrogens is 240 g/mol. The monoisotopic (exact) mass is 262 g/mol. The Morgan fingerprint density at radius 2 is 1.84 bits per heavy atom. The van der Waals surface area contributed by atoms with Gasteiger partial charge in [0.05, 0.1) is 6.10 Å². The quantitative estimate of drug-likeness (QED) is 0.669. The molecule has 0 bridgehead atoms.